The standard InChI is InChI=1S/C13H18N6O3S/c1-14-13-12(15-3-4-16-13)10-7-19(5-6-22-10)23(20,21)11-8-18(2)9-17-11/h3-4,8-10H,5-7H2,1-2H3,(H,14,16)/t10-/m0/s1. The molecule has 0 aromatic carbocycles. The molecule has 1 aliphatic heterocycles. The van der Waals surface area contributed by atoms with Crippen molar-refractivity contribution in [2.75, 3.05) is 32.1 Å². The highest BCUT2D eigenvalue weighted by atomic mass is 32.2. The predicted octanol–water partition coefficient (Wildman–Crippen LogP) is 0.0140. The number of imidazole rings is 1. The van der Waals surface area contributed by atoms with Gasteiger partial charge in [0.2, 0.25) is 0 Å². The number of morpholine rings is 1. The highest BCUT2D eigenvalue weighted by Gasteiger charge is 2.34. The van der Waals surface area contributed by atoms with Crippen molar-refractivity contribution in [1.82, 2.24) is 23.8 Å². The molecule has 3 heterocycles. The molecule has 0 saturated carbocycles. The third-order valence-corrected chi connectivity index (χ3v) is 5.33. The van der Waals surface area contributed by atoms with Gasteiger partial charge < -0.3 is 14.6 Å². The molecule has 0 bridgehead atoms. The van der Waals surface area contributed by atoms with Gasteiger partial charge in [0.1, 0.15) is 17.6 Å². The third-order valence-electron chi connectivity index (χ3n) is 3.58. The molecule has 3 rings (SSSR count). The Hall–Kier alpha value is -2.04. The van der Waals surface area contributed by atoms with Gasteiger partial charge in [-0.15, -0.1) is 0 Å². The summed E-state index contributed by atoms with van der Waals surface area (Å²) in [6.45, 7) is 0.743. The van der Waals surface area contributed by atoms with Crippen LogP contribution in [0.3, 0.4) is 0 Å². The molecule has 0 spiro atoms. The van der Waals surface area contributed by atoms with Gasteiger partial charge in [-0.05, 0) is 0 Å². The number of hydrogen-bond donors (Lipinski definition) is 1. The normalized spacial score (nSPS) is 19.7. The fourth-order valence-corrected chi connectivity index (χ4v) is 3.83. The molecule has 1 fully saturated rings. The molecule has 0 unspecified atom stereocenters. The Labute approximate surface area is 134 Å². The quantitative estimate of drug-likeness (QED) is 0.838. The molecular formula is C13H18N6O3S. The van der Waals surface area contributed by atoms with Gasteiger partial charge in [-0.1, -0.05) is 0 Å². The summed E-state index contributed by atoms with van der Waals surface area (Å²) in [5.74, 6) is 0.578. The van der Waals surface area contributed by atoms with Crippen LogP contribution in [-0.2, 0) is 21.8 Å². The zero-order valence-electron chi connectivity index (χ0n) is 12.9. The van der Waals surface area contributed by atoms with E-state index in [1.807, 2.05) is 0 Å². The molecule has 1 saturated heterocycles. The molecule has 124 valence electrons. The fourth-order valence-electron chi connectivity index (χ4n) is 2.44. The van der Waals surface area contributed by atoms with Gasteiger partial charge in [-0.2, -0.15) is 4.31 Å². The van der Waals surface area contributed by atoms with E-state index >= 15 is 0 Å². The van der Waals surface area contributed by atoms with E-state index in [4.69, 9.17) is 4.74 Å². The largest absolute Gasteiger partial charge is 0.372 e. The average molecular weight is 338 g/mol. The second-order valence-corrected chi connectivity index (χ2v) is 7.02. The summed E-state index contributed by atoms with van der Waals surface area (Å²) in [6.07, 6.45) is 5.61. The van der Waals surface area contributed by atoms with Gasteiger partial charge in [0, 0.05) is 45.8 Å². The van der Waals surface area contributed by atoms with Gasteiger partial charge in [-0.25, -0.2) is 18.4 Å². The van der Waals surface area contributed by atoms with Crippen LogP contribution in [0.5, 0.6) is 0 Å². The first kappa shape index (κ1) is 15.8. The van der Waals surface area contributed by atoms with E-state index in [1.54, 1.807) is 31.1 Å². The summed E-state index contributed by atoms with van der Waals surface area (Å²) in [6, 6.07) is 0. The average Bonchev–Trinajstić information content (AvgIpc) is 3.02. The van der Waals surface area contributed by atoms with E-state index in [0.29, 0.717) is 11.5 Å². The Kier molecular flexibility index (Phi) is 4.28. The van der Waals surface area contributed by atoms with Crippen LogP contribution in [0, 0.1) is 0 Å². The number of anilines is 1. The number of sulfonamides is 1. The van der Waals surface area contributed by atoms with Crippen molar-refractivity contribution in [2.45, 2.75) is 11.1 Å². The molecule has 1 aliphatic rings. The lowest BCUT2D eigenvalue weighted by Gasteiger charge is -2.31. The Morgan fingerprint density at radius 3 is 2.78 bits per heavy atom. The first-order valence-corrected chi connectivity index (χ1v) is 8.54. The maximum atomic E-state index is 12.7. The zero-order valence-corrected chi connectivity index (χ0v) is 13.7. The Morgan fingerprint density at radius 2 is 2.09 bits per heavy atom. The lowest BCUT2D eigenvalue weighted by Crippen LogP contribution is -2.42. The number of ether oxygens (including phenoxy) is 1. The van der Waals surface area contributed by atoms with Crippen molar-refractivity contribution in [2.24, 2.45) is 7.05 Å². The van der Waals surface area contributed by atoms with E-state index in [9.17, 15) is 8.42 Å². The maximum Gasteiger partial charge on any atom is 0.262 e. The van der Waals surface area contributed by atoms with Crippen molar-refractivity contribution >= 4 is 15.8 Å². The van der Waals surface area contributed by atoms with Gasteiger partial charge in [0.15, 0.2) is 5.03 Å². The van der Waals surface area contributed by atoms with E-state index in [0.717, 1.165) is 0 Å². The van der Waals surface area contributed by atoms with E-state index in [-0.39, 0.29) is 24.7 Å². The van der Waals surface area contributed by atoms with Gasteiger partial charge in [0.25, 0.3) is 10.0 Å². The minimum absolute atomic E-state index is 0.0358. The SMILES string of the molecule is CNc1nccnc1[C@@H]1CN(S(=O)(=O)c2cn(C)cn2)CCO1. The fraction of sp³-hybridized carbons (Fsp3) is 0.462. The minimum atomic E-state index is -3.65. The number of aromatic nitrogens is 4. The third kappa shape index (κ3) is 3.05. The predicted molar refractivity (Wildman–Crippen MR) is 82.2 cm³/mol. The number of nitrogens with zero attached hydrogens (tertiary/aromatic N) is 5. The van der Waals surface area contributed by atoms with E-state index < -0.39 is 16.1 Å². The lowest BCUT2D eigenvalue weighted by molar-refractivity contribution is -0.00474. The van der Waals surface area contributed by atoms with Crippen molar-refractivity contribution in [1.29, 1.82) is 0 Å². The summed E-state index contributed by atoms with van der Waals surface area (Å²) in [4.78, 5) is 12.4. The Morgan fingerprint density at radius 1 is 1.30 bits per heavy atom. The highest BCUT2D eigenvalue weighted by Crippen LogP contribution is 2.27. The number of aryl methyl sites for hydroxylation is 1. The van der Waals surface area contributed by atoms with Gasteiger partial charge >= 0.3 is 0 Å². The van der Waals surface area contributed by atoms with Crippen LogP contribution in [0.15, 0.2) is 29.9 Å². The topological polar surface area (TPSA) is 102 Å². The molecule has 2 aromatic heterocycles. The van der Waals surface area contributed by atoms with Crippen LogP contribution < -0.4 is 5.32 Å². The second-order valence-electron chi connectivity index (χ2n) is 5.14. The Balaban J connectivity index is 1.86. The van der Waals surface area contributed by atoms with Crippen LogP contribution in [0.2, 0.25) is 0 Å². The number of nitrogens with one attached hydrogen (secondary N) is 1. The lowest BCUT2D eigenvalue weighted by atomic mass is 10.2. The smallest absolute Gasteiger partial charge is 0.262 e. The number of rotatable bonds is 4. The maximum absolute atomic E-state index is 12.7. The Bertz CT molecular complexity index is 791. The van der Waals surface area contributed by atoms with Crippen LogP contribution >= 0.6 is 0 Å². The molecule has 23 heavy (non-hydrogen) atoms. The molecule has 10 heteroatoms. The van der Waals surface area contributed by atoms with Crippen molar-refractivity contribution < 1.29 is 13.2 Å². The molecule has 0 radical (unpaired) electrons. The summed E-state index contributed by atoms with van der Waals surface area (Å²) in [5, 5.41) is 2.98. The van der Waals surface area contributed by atoms with Gasteiger partial charge in [-0.3, -0.25) is 4.98 Å². The monoisotopic (exact) mass is 338 g/mol. The van der Waals surface area contributed by atoms with Gasteiger partial charge in [0.05, 0.1) is 12.9 Å². The van der Waals surface area contributed by atoms with Crippen molar-refractivity contribution in [3.63, 3.8) is 0 Å². The van der Waals surface area contributed by atoms with Crippen LogP contribution in [0.1, 0.15) is 11.8 Å². The summed E-state index contributed by atoms with van der Waals surface area (Å²) >= 11 is 0. The molecule has 1 N–H and O–H groups in total. The summed E-state index contributed by atoms with van der Waals surface area (Å²) in [5.41, 5.74) is 0.593. The van der Waals surface area contributed by atoms with Crippen molar-refractivity contribution in [3.8, 4) is 0 Å². The minimum Gasteiger partial charge on any atom is -0.372 e. The van der Waals surface area contributed by atoms with Crippen LogP contribution in [0.25, 0.3) is 0 Å². The molecule has 9 nitrogen and oxygen atoms in total. The molecule has 2 aromatic rings. The molecule has 0 amide bonds. The second kappa shape index (κ2) is 6.22. The van der Waals surface area contributed by atoms with E-state index in [1.165, 1.54) is 16.8 Å². The first-order chi connectivity index (χ1) is 11.0. The molecule has 1 atom stereocenters. The zero-order chi connectivity index (χ0) is 16.4. The van der Waals surface area contributed by atoms with E-state index in [2.05, 4.69) is 20.3 Å². The summed E-state index contributed by atoms with van der Waals surface area (Å²) < 4.78 is 34.0. The van der Waals surface area contributed by atoms with Crippen LogP contribution in [-0.4, -0.2) is 59.0 Å². The van der Waals surface area contributed by atoms with Crippen LogP contribution in [0.4, 0.5) is 5.82 Å². The first-order valence-electron chi connectivity index (χ1n) is 7.10. The number of hydrogen-bond acceptors (Lipinski definition) is 7. The van der Waals surface area contributed by atoms with Crippen molar-refractivity contribution in [3.05, 3.63) is 30.6 Å². The summed E-state index contributed by atoms with van der Waals surface area (Å²) in [7, 11) is -0.185. The molecular weight excluding hydrogens is 320 g/mol. The molecule has 0 aliphatic carbocycles. The highest BCUT2D eigenvalue weighted by molar-refractivity contribution is 7.89.